The average molecular weight is 230 g/mol. The van der Waals surface area contributed by atoms with Crippen LogP contribution in [-0.4, -0.2) is 15.3 Å². The van der Waals surface area contributed by atoms with E-state index >= 15 is 0 Å². The van der Waals surface area contributed by atoms with E-state index in [-0.39, 0.29) is 6.15 Å². The molecule has 0 saturated carbocycles. The Morgan fingerprint density at radius 3 is 2.30 bits per heavy atom. The van der Waals surface area contributed by atoms with Crippen molar-refractivity contribution in [3.8, 4) is 0 Å². The second-order valence-corrected chi connectivity index (χ2v) is 3.23. The van der Waals surface area contributed by atoms with Gasteiger partial charge in [-0.15, -0.1) is 0 Å². The number of rotatable bonds is 3. The van der Waals surface area contributed by atoms with Crippen LogP contribution < -0.4 is 11.3 Å². The van der Waals surface area contributed by atoms with Gasteiger partial charge in [0.05, 0.1) is 0 Å². The third-order valence-corrected chi connectivity index (χ3v) is 1.97. The standard InChI is InChI=1S/C3H5O3.H3N.H2O.O.Zr/c1-2(4)3(5)6;;;;/h2H,1H3,(H,5,6);1H3;1H2;;/q-1;;;;+2/p-1. The molecule has 1 atom stereocenters. The molecule has 7 heteroatoms. The molecule has 0 radical (unpaired) electrons. The molecule has 0 heterocycles. The van der Waals surface area contributed by atoms with Crippen LogP contribution in [0.3, 0.4) is 0 Å². The predicted octanol–water partition coefficient (Wildman–Crippen LogP) is -1.70. The monoisotopic (exact) mass is 229 g/mol. The van der Waals surface area contributed by atoms with Crippen molar-refractivity contribution in [2.24, 2.45) is 0 Å². The summed E-state index contributed by atoms with van der Waals surface area (Å²) in [6.45, 7) is 1.14. The number of carboxylic acids is 1. The Bertz CT molecular complexity index is 137. The largest absolute Gasteiger partial charge is 0.369 e. The molecule has 0 aromatic carbocycles. The number of carbonyl (C=O) groups is 1. The van der Waals surface area contributed by atoms with Crippen LogP contribution in [-0.2, 0) is 33.1 Å². The number of hydrogen-bond donors (Lipinski definition) is 2. The summed E-state index contributed by atoms with van der Waals surface area (Å²) in [5.41, 5.74) is 0. The van der Waals surface area contributed by atoms with E-state index in [2.05, 4.69) is 2.81 Å². The summed E-state index contributed by atoms with van der Waals surface area (Å²) < 4.78 is 22.0. The van der Waals surface area contributed by atoms with E-state index < -0.39 is 34.7 Å². The maximum Gasteiger partial charge on any atom is -0.369 e. The summed E-state index contributed by atoms with van der Waals surface area (Å²) in [6.07, 6.45) is -1.28. The molecule has 0 aliphatic carbocycles. The summed E-state index contributed by atoms with van der Waals surface area (Å²) in [7, 11) is 0. The minimum absolute atomic E-state index is 0. The van der Waals surface area contributed by atoms with E-state index in [0.717, 1.165) is 6.92 Å². The van der Waals surface area contributed by atoms with E-state index in [9.17, 15) is 12.7 Å². The van der Waals surface area contributed by atoms with Crippen molar-refractivity contribution in [1.29, 1.82) is 0 Å². The van der Waals surface area contributed by atoms with Crippen molar-refractivity contribution in [2.45, 2.75) is 13.0 Å². The first kappa shape index (κ1) is 12.7. The molecule has 0 saturated heterocycles. The molecule has 0 aromatic heterocycles. The summed E-state index contributed by atoms with van der Waals surface area (Å²) in [6, 6.07) is 0. The van der Waals surface area contributed by atoms with Gasteiger partial charge in [0.15, 0.2) is 0 Å². The molecule has 0 aliphatic rings. The van der Waals surface area contributed by atoms with Crippen LogP contribution in [0.15, 0.2) is 0 Å². The Kier molecular flexibility index (Phi) is 7.35. The van der Waals surface area contributed by atoms with E-state index in [4.69, 9.17) is 3.18 Å². The Morgan fingerprint density at radius 1 is 1.80 bits per heavy atom. The number of quaternary nitrogens is 1. The SMILES string of the molecule is CC([O][Zr](=[O])[OH])C(=O)[O-].[NH4+]. The van der Waals surface area contributed by atoms with Gasteiger partial charge in [0.1, 0.15) is 0 Å². The first-order valence-electron chi connectivity index (χ1n) is 2.14. The normalized spacial score (nSPS) is 11.4. The quantitative estimate of drug-likeness (QED) is 0.598. The Morgan fingerprint density at radius 2 is 2.20 bits per heavy atom. The fourth-order valence-corrected chi connectivity index (χ4v) is 1.18. The number of carboxylic acid groups (broad SMARTS) is 1. The second kappa shape index (κ2) is 5.79. The van der Waals surface area contributed by atoms with Crippen LogP contribution in [0.5, 0.6) is 0 Å². The topological polar surface area (TPSA) is 123 Å². The van der Waals surface area contributed by atoms with Gasteiger partial charge >= 0.3 is 60.3 Å². The minimum atomic E-state index is -3.93. The minimum Gasteiger partial charge on any atom is -0.369 e. The predicted molar refractivity (Wildman–Crippen MR) is 24.4 cm³/mol. The maximum atomic E-state index is 9.88. The zero-order valence-corrected chi connectivity index (χ0v) is 8.12. The molecule has 0 amide bonds. The van der Waals surface area contributed by atoms with Crippen molar-refractivity contribution in [2.75, 3.05) is 0 Å². The molecule has 1 unspecified atom stereocenters. The molecule has 0 rings (SSSR count). The summed E-state index contributed by atoms with van der Waals surface area (Å²) in [5.74, 6) is -1.47. The van der Waals surface area contributed by atoms with Gasteiger partial charge in [0.25, 0.3) is 0 Å². The van der Waals surface area contributed by atoms with Gasteiger partial charge in [-0.3, -0.25) is 0 Å². The van der Waals surface area contributed by atoms with Gasteiger partial charge in [-0.05, 0) is 0 Å². The van der Waals surface area contributed by atoms with E-state index in [1.54, 1.807) is 0 Å². The Labute approximate surface area is 66.7 Å². The average Bonchev–Trinajstić information content (AvgIpc) is 1.63. The zero-order chi connectivity index (χ0) is 7.44. The Balaban J connectivity index is 0. The van der Waals surface area contributed by atoms with Crippen LogP contribution in [0.2, 0.25) is 0 Å². The van der Waals surface area contributed by atoms with Crippen molar-refractivity contribution in [3.05, 3.63) is 0 Å². The van der Waals surface area contributed by atoms with Crippen LogP contribution in [0.4, 0.5) is 0 Å². The van der Waals surface area contributed by atoms with E-state index in [1.807, 2.05) is 0 Å². The number of carbonyl (C=O) groups excluding carboxylic acids is 1. The molecule has 60 valence electrons. The zero-order valence-electron chi connectivity index (χ0n) is 5.66. The molecule has 0 fully saturated rings. The second-order valence-electron chi connectivity index (χ2n) is 1.35. The molecule has 0 aromatic rings. The summed E-state index contributed by atoms with van der Waals surface area (Å²) >= 11 is -3.93. The summed E-state index contributed by atoms with van der Waals surface area (Å²) in [4.78, 5) is 9.78. The van der Waals surface area contributed by atoms with Crippen molar-refractivity contribution < 1.29 is 41.3 Å². The fourth-order valence-electron chi connectivity index (χ4n) is 0.199. The first-order valence-corrected chi connectivity index (χ1v) is 5.25. The fraction of sp³-hybridized carbons (Fsp3) is 0.667. The molecule has 10 heavy (non-hydrogen) atoms. The van der Waals surface area contributed by atoms with Crippen LogP contribution in [0, 0.1) is 0 Å². The van der Waals surface area contributed by atoms with Crippen LogP contribution in [0.1, 0.15) is 6.92 Å². The van der Waals surface area contributed by atoms with E-state index in [1.165, 1.54) is 0 Å². The summed E-state index contributed by atoms with van der Waals surface area (Å²) in [5, 5.41) is 9.78. The molecule has 0 aliphatic heterocycles. The van der Waals surface area contributed by atoms with Gasteiger partial charge in [-0.1, -0.05) is 0 Å². The van der Waals surface area contributed by atoms with E-state index in [0.29, 0.717) is 0 Å². The molecular weight excluding hydrogens is 221 g/mol. The smallest absolute Gasteiger partial charge is 0.369 e. The number of hydrogen-bond acceptors (Lipinski definition) is 4. The van der Waals surface area contributed by atoms with Crippen LogP contribution >= 0.6 is 0 Å². The number of aliphatic carboxylic acids is 1. The van der Waals surface area contributed by atoms with Crippen molar-refractivity contribution in [3.63, 3.8) is 0 Å². The molecule has 0 bridgehead atoms. The van der Waals surface area contributed by atoms with Crippen molar-refractivity contribution in [1.82, 2.24) is 6.15 Å². The van der Waals surface area contributed by atoms with Crippen molar-refractivity contribution >= 4 is 5.97 Å². The third kappa shape index (κ3) is 6.16. The third-order valence-electron chi connectivity index (χ3n) is 0.610. The van der Waals surface area contributed by atoms with Gasteiger partial charge < -0.3 is 6.15 Å². The van der Waals surface area contributed by atoms with Gasteiger partial charge in [-0.25, -0.2) is 0 Å². The van der Waals surface area contributed by atoms with Gasteiger partial charge in [0, 0.05) is 0 Å². The molecule has 0 spiro atoms. The van der Waals surface area contributed by atoms with Gasteiger partial charge in [-0.2, -0.15) is 0 Å². The first-order chi connectivity index (χ1) is 4.04. The maximum absolute atomic E-state index is 9.88. The molecule has 6 nitrogen and oxygen atoms in total. The van der Waals surface area contributed by atoms with Gasteiger partial charge in [0.2, 0.25) is 0 Å². The van der Waals surface area contributed by atoms with Crippen LogP contribution in [0.25, 0.3) is 0 Å². The molecule has 5 N–H and O–H groups in total. The molecular formula is C3H9NO5Zr. The Hall–Kier alpha value is 0.0331.